The van der Waals surface area contributed by atoms with Crippen molar-refractivity contribution in [3.8, 4) is 5.75 Å². The van der Waals surface area contributed by atoms with E-state index in [1.165, 1.54) is 0 Å². The van der Waals surface area contributed by atoms with E-state index in [1.807, 2.05) is 36.4 Å². The highest BCUT2D eigenvalue weighted by Crippen LogP contribution is 2.39. The molecule has 0 N–H and O–H groups in total. The second kappa shape index (κ2) is 15.3. The lowest BCUT2D eigenvalue weighted by atomic mass is 10.1. The highest BCUT2D eigenvalue weighted by molar-refractivity contribution is 6.14. The van der Waals surface area contributed by atoms with Gasteiger partial charge in [-0.3, -0.25) is 0 Å². The number of carbonyl (C=O) groups is 1. The smallest absolute Gasteiger partial charge is 0.338 e. The van der Waals surface area contributed by atoms with Crippen molar-refractivity contribution in [3.63, 3.8) is 0 Å². The molecule has 0 aliphatic carbocycles. The SMILES string of the molecule is CCN(CC)CCOC(=O)c1ccc2c(c1)c1nc3ccccc3c(OCCN(CC)CC)c1n2CCN(CC)CC. The van der Waals surface area contributed by atoms with Gasteiger partial charge in [0.25, 0.3) is 0 Å². The number of para-hydroxylation sites is 1. The number of esters is 1. The zero-order chi connectivity index (χ0) is 30.1. The molecule has 0 atom stereocenters. The number of hydrogen-bond acceptors (Lipinski definition) is 7. The molecule has 8 heteroatoms. The standard InChI is InChI=1S/C34H49N5O3/c1-7-36(8-2)19-20-39-30-18-17-26(34(40)42-24-22-38(11-5)12-6)25-28(30)31-32(39)33(41-23-21-37(9-3)10-4)27-15-13-14-16-29(27)35-31/h13-18,25H,7-12,19-24H2,1-6H3. The van der Waals surface area contributed by atoms with E-state index in [9.17, 15) is 4.79 Å². The summed E-state index contributed by atoms with van der Waals surface area (Å²) in [5.41, 5.74) is 4.33. The van der Waals surface area contributed by atoms with E-state index in [2.05, 4.69) is 66.9 Å². The van der Waals surface area contributed by atoms with Crippen molar-refractivity contribution in [2.75, 3.05) is 72.1 Å². The number of aromatic nitrogens is 2. The molecule has 2 aromatic heterocycles. The number of pyridine rings is 1. The van der Waals surface area contributed by atoms with Crippen molar-refractivity contribution >= 4 is 38.8 Å². The maximum atomic E-state index is 13.1. The first-order chi connectivity index (χ1) is 20.5. The van der Waals surface area contributed by atoms with Gasteiger partial charge in [0.05, 0.1) is 16.6 Å². The first-order valence-electron chi connectivity index (χ1n) is 15.8. The Kier molecular flexibility index (Phi) is 11.6. The Morgan fingerprint density at radius 2 is 1.38 bits per heavy atom. The summed E-state index contributed by atoms with van der Waals surface area (Å²) in [6.07, 6.45) is 0. The van der Waals surface area contributed by atoms with Crippen molar-refractivity contribution in [1.29, 1.82) is 0 Å². The fourth-order valence-electron chi connectivity index (χ4n) is 5.69. The van der Waals surface area contributed by atoms with Crippen LogP contribution in [0, 0.1) is 0 Å². The molecule has 42 heavy (non-hydrogen) atoms. The quantitative estimate of drug-likeness (QED) is 0.145. The number of likely N-dealkylation sites (N-methyl/N-ethyl adjacent to an activating group) is 3. The van der Waals surface area contributed by atoms with E-state index in [0.29, 0.717) is 18.8 Å². The third kappa shape index (κ3) is 7.05. The average Bonchev–Trinajstić information content (AvgIpc) is 3.33. The lowest BCUT2D eigenvalue weighted by Gasteiger charge is -2.21. The van der Waals surface area contributed by atoms with Crippen LogP contribution in [0.15, 0.2) is 42.5 Å². The van der Waals surface area contributed by atoms with Crippen molar-refractivity contribution < 1.29 is 14.3 Å². The molecule has 0 aliphatic heterocycles. The predicted molar refractivity (Wildman–Crippen MR) is 174 cm³/mol. The van der Waals surface area contributed by atoms with Crippen molar-refractivity contribution in [2.45, 2.75) is 48.1 Å². The summed E-state index contributed by atoms with van der Waals surface area (Å²) in [7, 11) is 0. The minimum atomic E-state index is -0.301. The van der Waals surface area contributed by atoms with E-state index >= 15 is 0 Å². The molecule has 0 unspecified atom stereocenters. The number of nitrogens with zero attached hydrogens (tertiary/aromatic N) is 5. The predicted octanol–water partition coefficient (Wildman–Crippen LogP) is 5.90. The summed E-state index contributed by atoms with van der Waals surface area (Å²) in [6.45, 7) is 23.1. The van der Waals surface area contributed by atoms with Crippen LogP contribution in [0.5, 0.6) is 5.75 Å². The maximum absolute atomic E-state index is 13.1. The van der Waals surface area contributed by atoms with Crippen LogP contribution in [0.4, 0.5) is 0 Å². The summed E-state index contributed by atoms with van der Waals surface area (Å²) in [5, 5.41) is 1.95. The van der Waals surface area contributed by atoms with Gasteiger partial charge in [-0.15, -0.1) is 0 Å². The summed E-state index contributed by atoms with van der Waals surface area (Å²) in [6, 6.07) is 14.1. The minimum Gasteiger partial charge on any atom is -0.489 e. The molecule has 0 amide bonds. The third-order valence-electron chi connectivity index (χ3n) is 8.49. The zero-order valence-corrected chi connectivity index (χ0v) is 26.5. The topological polar surface area (TPSA) is 63.1 Å². The Morgan fingerprint density at radius 3 is 2.05 bits per heavy atom. The molecule has 0 radical (unpaired) electrons. The third-order valence-corrected chi connectivity index (χ3v) is 8.49. The highest BCUT2D eigenvalue weighted by atomic mass is 16.5. The van der Waals surface area contributed by atoms with Crippen LogP contribution in [0.2, 0.25) is 0 Å². The largest absolute Gasteiger partial charge is 0.489 e. The molecule has 4 aromatic rings. The number of ether oxygens (including phenoxy) is 2. The Balaban J connectivity index is 1.81. The molecule has 4 rings (SSSR count). The van der Waals surface area contributed by atoms with Gasteiger partial charge in [0, 0.05) is 37.0 Å². The average molecular weight is 576 g/mol. The van der Waals surface area contributed by atoms with Gasteiger partial charge in [0.1, 0.15) is 24.2 Å². The minimum absolute atomic E-state index is 0.301. The van der Waals surface area contributed by atoms with Gasteiger partial charge in [-0.25, -0.2) is 9.78 Å². The molecule has 0 bridgehead atoms. The van der Waals surface area contributed by atoms with Crippen LogP contribution in [-0.2, 0) is 11.3 Å². The van der Waals surface area contributed by atoms with Gasteiger partial charge in [-0.05, 0) is 69.6 Å². The molecule has 228 valence electrons. The number of fused-ring (bicyclic) bond motifs is 4. The molecule has 0 fully saturated rings. The molecule has 0 saturated carbocycles. The summed E-state index contributed by atoms with van der Waals surface area (Å²) in [4.78, 5) is 25.3. The van der Waals surface area contributed by atoms with Gasteiger partial charge < -0.3 is 28.7 Å². The van der Waals surface area contributed by atoms with E-state index in [-0.39, 0.29) is 5.97 Å². The molecule has 2 heterocycles. The Bertz CT molecular complexity index is 1450. The summed E-state index contributed by atoms with van der Waals surface area (Å²) in [5.74, 6) is 0.562. The fraction of sp³-hybridized carbons (Fsp3) is 0.529. The van der Waals surface area contributed by atoms with Crippen molar-refractivity contribution in [3.05, 3.63) is 48.0 Å². The van der Waals surface area contributed by atoms with Gasteiger partial charge in [0.15, 0.2) is 5.75 Å². The number of benzene rings is 2. The zero-order valence-electron chi connectivity index (χ0n) is 26.5. The Hall–Kier alpha value is -3.20. The van der Waals surface area contributed by atoms with Gasteiger partial charge >= 0.3 is 5.97 Å². The first kappa shape index (κ1) is 31.7. The van der Waals surface area contributed by atoms with Crippen LogP contribution >= 0.6 is 0 Å². The fourth-order valence-corrected chi connectivity index (χ4v) is 5.69. The highest BCUT2D eigenvalue weighted by Gasteiger charge is 2.22. The van der Waals surface area contributed by atoms with Gasteiger partial charge in [0.2, 0.25) is 0 Å². The molecular weight excluding hydrogens is 526 g/mol. The molecule has 8 nitrogen and oxygen atoms in total. The van der Waals surface area contributed by atoms with Crippen molar-refractivity contribution in [1.82, 2.24) is 24.3 Å². The van der Waals surface area contributed by atoms with Crippen molar-refractivity contribution in [2.24, 2.45) is 0 Å². The van der Waals surface area contributed by atoms with E-state index in [4.69, 9.17) is 14.5 Å². The van der Waals surface area contributed by atoms with Gasteiger partial charge in [-0.1, -0.05) is 53.7 Å². The van der Waals surface area contributed by atoms with Crippen LogP contribution in [0.25, 0.3) is 32.8 Å². The monoisotopic (exact) mass is 575 g/mol. The van der Waals surface area contributed by atoms with E-state index < -0.39 is 0 Å². The summed E-state index contributed by atoms with van der Waals surface area (Å²) >= 11 is 0. The molecule has 0 spiro atoms. The maximum Gasteiger partial charge on any atom is 0.338 e. The number of carbonyl (C=O) groups excluding carboxylic acids is 1. The second-order valence-corrected chi connectivity index (χ2v) is 10.6. The Labute approximate surface area is 251 Å². The first-order valence-corrected chi connectivity index (χ1v) is 15.8. The van der Waals surface area contributed by atoms with Crippen LogP contribution in [0.1, 0.15) is 51.9 Å². The lowest BCUT2D eigenvalue weighted by molar-refractivity contribution is 0.0466. The number of hydrogen-bond donors (Lipinski definition) is 0. The van der Waals surface area contributed by atoms with Gasteiger partial charge in [-0.2, -0.15) is 0 Å². The molecule has 0 aliphatic rings. The van der Waals surface area contributed by atoms with E-state index in [1.54, 1.807) is 0 Å². The lowest BCUT2D eigenvalue weighted by Crippen LogP contribution is -2.28. The summed E-state index contributed by atoms with van der Waals surface area (Å²) < 4.78 is 14.7. The van der Waals surface area contributed by atoms with Crippen LogP contribution < -0.4 is 4.74 Å². The van der Waals surface area contributed by atoms with Crippen LogP contribution in [-0.4, -0.2) is 102 Å². The van der Waals surface area contributed by atoms with E-state index in [0.717, 1.165) is 104 Å². The molecule has 2 aromatic carbocycles. The Morgan fingerprint density at radius 1 is 0.762 bits per heavy atom. The van der Waals surface area contributed by atoms with Crippen LogP contribution in [0.3, 0.4) is 0 Å². The second-order valence-electron chi connectivity index (χ2n) is 10.6. The number of rotatable bonds is 17. The normalized spacial score (nSPS) is 12.0. The molecule has 0 saturated heterocycles. The molecular formula is C34H49N5O3.